The van der Waals surface area contributed by atoms with Gasteiger partial charge in [0.05, 0.1) is 5.52 Å². The van der Waals surface area contributed by atoms with Gasteiger partial charge in [-0.15, -0.1) is 0 Å². The lowest BCUT2D eigenvalue weighted by atomic mass is 10.2. The molecule has 0 radical (unpaired) electrons. The Morgan fingerprint density at radius 2 is 2.06 bits per heavy atom. The molecular formula is C11H11ClN2O2S. The molecule has 1 aromatic heterocycles. The largest absolute Gasteiger partial charge is 0.242 e. The number of nitrogens with zero attached hydrogens (tertiary/aromatic N) is 1. The van der Waals surface area contributed by atoms with Crippen LogP contribution in [-0.2, 0) is 10.0 Å². The van der Waals surface area contributed by atoms with E-state index in [1.807, 2.05) is 13.0 Å². The number of benzene rings is 1. The highest BCUT2D eigenvalue weighted by Gasteiger charge is 2.16. The molecule has 4 nitrogen and oxygen atoms in total. The van der Waals surface area contributed by atoms with E-state index in [4.69, 9.17) is 11.6 Å². The summed E-state index contributed by atoms with van der Waals surface area (Å²) in [6.07, 6.45) is 0. The molecule has 1 N–H and O–H groups in total. The minimum absolute atomic E-state index is 0.138. The van der Waals surface area contributed by atoms with Crippen LogP contribution in [0.2, 0.25) is 5.15 Å². The van der Waals surface area contributed by atoms with E-state index in [2.05, 4.69) is 9.71 Å². The van der Waals surface area contributed by atoms with Crippen LogP contribution in [-0.4, -0.2) is 20.4 Å². The van der Waals surface area contributed by atoms with Crippen molar-refractivity contribution in [2.24, 2.45) is 0 Å². The van der Waals surface area contributed by atoms with Gasteiger partial charge >= 0.3 is 0 Å². The lowest BCUT2D eigenvalue weighted by Crippen LogP contribution is -2.19. The average Bonchev–Trinajstić information content (AvgIpc) is 2.30. The number of sulfonamides is 1. The first kappa shape index (κ1) is 12.3. The topological polar surface area (TPSA) is 59.1 Å². The van der Waals surface area contributed by atoms with Gasteiger partial charge in [0.25, 0.3) is 0 Å². The first-order chi connectivity index (χ1) is 7.95. The van der Waals surface area contributed by atoms with Gasteiger partial charge in [-0.05, 0) is 31.7 Å². The summed E-state index contributed by atoms with van der Waals surface area (Å²) in [6.45, 7) is 1.83. The number of pyridine rings is 1. The number of hydrogen-bond donors (Lipinski definition) is 1. The van der Waals surface area contributed by atoms with Crippen LogP contribution in [0.15, 0.2) is 29.2 Å². The van der Waals surface area contributed by atoms with Gasteiger partial charge in [-0.2, -0.15) is 0 Å². The summed E-state index contributed by atoms with van der Waals surface area (Å²) in [5, 5.41) is 1.07. The molecule has 0 unspecified atom stereocenters. The second-order valence-electron chi connectivity index (χ2n) is 3.63. The average molecular weight is 271 g/mol. The minimum Gasteiger partial charge on any atom is -0.234 e. The van der Waals surface area contributed by atoms with Crippen molar-refractivity contribution in [2.75, 3.05) is 7.05 Å². The maximum absolute atomic E-state index is 11.8. The third-order valence-electron chi connectivity index (χ3n) is 2.50. The number of nitrogens with one attached hydrogen (secondary N) is 1. The number of halogens is 1. The van der Waals surface area contributed by atoms with Crippen LogP contribution in [0, 0.1) is 6.92 Å². The molecule has 0 aliphatic carbocycles. The van der Waals surface area contributed by atoms with Crippen LogP contribution in [0.3, 0.4) is 0 Å². The number of para-hydroxylation sites is 1. The molecule has 2 rings (SSSR count). The Balaban J connectivity index is 2.87. The standard InChI is InChI=1S/C11H11ClN2O2S/c1-7-6-8-4-3-5-9(17(15,16)13-2)10(8)14-11(7)12/h3-6,13H,1-2H3. The quantitative estimate of drug-likeness (QED) is 0.850. The Hall–Kier alpha value is -1.17. The molecule has 0 aliphatic rings. The van der Waals surface area contributed by atoms with E-state index >= 15 is 0 Å². The highest BCUT2D eigenvalue weighted by Crippen LogP contribution is 2.25. The second kappa shape index (κ2) is 4.25. The minimum atomic E-state index is -3.53. The van der Waals surface area contributed by atoms with E-state index in [1.54, 1.807) is 12.1 Å². The Labute approximate surface area is 105 Å². The zero-order valence-electron chi connectivity index (χ0n) is 9.36. The lowest BCUT2D eigenvalue weighted by Gasteiger charge is -2.07. The molecule has 0 bridgehead atoms. The summed E-state index contributed by atoms with van der Waals surface area (Å²) in [4.78, 5) is 4.27. The molecule has 0 spiro atoms. The molecule has 0 aliphatic heterocycles. The Morgan fingerprint density at radius 3 is 2.71 bits per heavy atom. The fourth-order valence-electron chi connectivity index (χ4n) is 1.58. The van der Waals surface area contributed by atoms with E-state index in [1.165, 1.54) is 13.1 Å². The SMILES string of the molecule is CNS(=O)(=O)c1cccc2cc(C)c(Cl)nc12. The summed E-state index contributed by atoms with van der Waals surface area (Å²) < 4.78 is 25.9. The maximum Gasteiger partial charge on any atom is 0.242 e. The van der Waals surface area contributed by atoms with Crippen molar-refractivity contribution in [1.82, 2.24) is 9.71 Å². The molecule has 90 valence electrons. The van der Waals surface area contributed by atoms with Gasteiger partial charge in [0.1, 0.15) is 10.0 Å². The summed E-state index contributed by atoms with van der Waals surface area (Å²) in [6, 6.07) is 6.81. The van der Waals surface area contributed by atoms with Crippen molar-refractivity contribution in [3.05, 3.63) is 35.0 Å². The van der Waals surface area contributed by atoms with Crippen LogP contribution >= 0.6 is 11.6 Å². The molecule has 1 heterocycles. The van der Waals surface area contributed by atoms with Gasteiger partial charge in [0.15, 0.2) is 0 Å². The van der Waals surface area contributed by atoms with E-state index in [0.29, 0.717) is 10.7 Å². The monoisotopic (exact) mass is 270 g/mol. The van der Waals surface area contributed by atoms with Crippen molar-refractivity contribution in [3.8, 4) is 0 Å². The number of fused-ring (bicyclic) bond motifs is 1. The second-order valence-corrected chi connectivity index (χ2v) is 5.84. The van der Waals surface area contributed by atoms with Crippen molar-refractivity contribution >= 4 is 32.5 Å². The highest BCUT2D eigenvalue weighted by atomic mass is 35.5. The maximum atomic E-state index is 11.8. The van der Waals surface area contributed by atoms with Gasteiger partial charge in [0, 0.05) is 5.39 Å². The third-order valence-corrected chi connectivity index (χ3v) is 4.32. The number of rotatable bonds is 2. The Morgan fingerprint density at radius 1 is 1.35 bits per heavy atom. The van der Waals surface area contributed by atoms with Crippen LogP contribution in [0.1, 0.15) is 5.56 Å². The lowest BCUT2D eigenvalue weighted by molar-refractivity contribution is 0.589. The van der Waals surface area contributed by atoms with E-state index in [9.17, 15) is 8.42 Å². The van der Waals surface area contributed by atoms with Crippen LogP contribution in [0.25, 0.3) is 10.9 Å². The molecule has 0 saturated heterocycles. The van der Waals surface area contributed by atoms with Gasteiger partial charge in [-0.3, -0.25) is 0 Å². The first-order valence-electron chi connectivity index (χ1n) is 4.95. The molecule has 0 saturated carbocycles. The van der Waals surface area contributed by atoms with Crippen molar-refractivity contribution in [2.45, 2.75) is 11.8 Å². The van der Waals surface area contributed by atoms with E-state index in [-0.39, 0.29) is 4.90 Å². The molecule has 1 aromatic carbocycles. The fourth-order valence-corrected chi connectivity index (χ4v) is 2.62. The van der Waals surface area contributed by atoms with Gasteiger partial charge < -0.3 is 0 Å². The van der Waals surface area contributed by atoms with Gasteiger partial charge in [0.2, 0.25) is 10.0 Å². The highest BCUT2D eigenvalue weighted by molar-refractivity contribution is 7.89. The molecule has 6 heteroatoms. The van der Waals surface area contributed by atoms with Crippen LogP contribution < -0.4 is 4.72 Å². The van der Waals surface area contributed by atoms with Crippen LogP contribution in [0.4, 0.5) is 0 Å². The van der Waals surface area contributed by atoms with Crippen molar-refractivity contribution in [1.29, 1.82) is 0 Å². The van der Waals surface area contributed by atoms with Gasteiger partial charge in [-0.25, -0.2) is 18.1 Å². The summed E-state index contributed by atoms with van der Waals surface area (Å²) in [5.41, 5.74) is 1.20. The smallest absolute Gasteiger partial charge is 0.234 e. The zero-order valence-corrected chi connectivity index (χ0v) is 10.9. The predicted octanol–water partition coefficient (Wildman–Crippen LogP) is 2.10. The Kier molecular flexibility index (Phi) is 3.07. The van der Waals surface area contributed by atoms with Crippen LogP contribution in [0.5, 0.6) is 0 Å². The van der Waals surface area contributed by atoms with Crippen molar-refractivity contribution in [3.63, 3.8) is 0 Å². The molecule has 0 fully saturated rings. The molecular weight excluding hydrogens is 260 g/mol. The normalized spacial score (nSPS) is 11.9. The fraction of sp³-hybridized carbons (Fsp3) is 0.182. The number of aromatic nitrogens is 1. The number of aryl methyl sites for hydroxylation is 1. The van der Waals surface area contributed by atoms with Gasteiger partial charge in [-0.1, -0.05) is 23.7 Å². The molecule has 0 amide bonds. The van der Waals surface area contributed by atoms with Crippen molar-refractivity contribution < 1.29 is 8.42 Å². The zero-order chi connectivity index (χ0) is 12.6. The summed E-state index contributed by atoms with van der Waals surface area (Å²) >= 11 is 5.93. The van der Waals surface area contributed by atoms with E-state index in [0.717, 1.165) is 10.9 Å². The number of hydrogen-bond acceptors (Lipinski definition) is 3. The predicted molar refractivity (Wildman–Crippen MR) is 67.7 cm³/mol. The molecule has 17 heavy (non-hydrogen) atoms. The Bertz CT molecular complexity index is 683. The third kappa shape index (κ3) is 2.13. The first-order valence-corrected chi connectivity index (χ1v) is 6.81. The summed E-state index contributed by atoms with van der Waals surface area (Å²) in [7, 11) is -2.16. The molecule has 2 aromatic rings. The summed E-state index contributed by atoms with van der Waals surface area (Å²) in [5.74, 6) is 0. The molecule has 0 atom stereocenters. The van der Waals surface area contributed by atoms with E-state index < -0.39 is 10.0 Å².